The normalized spacial score (nSPS) is 10.9. The lowest BCUT2D eigenvalue weighted by atomic mass is 10.1. The monoisotopic (exact) mass is 487 g/mol. The predicted molar refractivity (Wildman–Crippen MR) is 134 cm³/mol. The van der Waals surface area contributed by atoms with Crippen LogP contribution in [0.25, 0.3) is 28.2 Å². The third-order valence-electron chi connectivity index (χ3n) is 5.34. The number of hydrogen-bond acceptors (Lipinski definition) is 3. The second-order valence-electron chi connectivity index (χ2n) is 7.63. The number of halogens is 2. The molecule has 0 unspecified atom stereocenters. The molecular weight excluding hydrogens is 469 g/mol. The molecule has 34 heavy (non-hydrogen) atoms. The van der Waals surface area contributed by atoms with E-state index < -0.39 is 0 Å². The highest BCUT2D eigenvalue weighted by molar-refractivity contribution is 6.42. The second-order valence-corrected chi connectivity index (χ2v) is 8.44. The van der Waals surface area contributed by atoms with Crippen LogP contribution in [0.5, 0.6) is 0 Å². The van der Waals surface area contributed by atoms with Gasteiger partial charge in [-0.05, 0) is 30.3 Å². The first-order chi connectivity index (χ1) is 16.6. The van der Waals surface area contributed by atoms with Gasteiger partial charge in [0.05, 0.1) is 27.1 Å². The van der Waals surface area contributed by atoms with Crippen molar-refractivity contribution in [2.75, 3.05) is 0 Å². The second kappa shape index (κ2) is 9.55. The van der Waals surface area contributed by atoms with Crippen LogP contribution in [0.15, 0.2) is 91.1 Å². The van der Waals surface area contributed by atoms with E-state index in [4.69, 9.17) is 28.3 Å². The fourth-order valence-electron chi connectivity index (χ4n) is 3.60. The lowest BCUT2D eigenvalue weighted by molar-refractivity contribution is 0.0946. The summed E-state index contributed by atoms with van der Waals surface area (Å²) >= 11 is 12.1. The molecule has 0 radical (unpaired) electrons. The number of nitrogens with one attached hydrogen (secondary N) is 2. The van der Waals surface area contributed by atoms with E-state index in [9.17, 15) is 4.79 Å². The average Bonchev–Trinajstić information content (AvgIpc) is 3.53. The lowest BCUT2D eigenvalue weighted by Gasteiger charge is -2.04. The lowest BCUT2D eigenvalue weighted by Crippen LogP contribution is -2.23. The first kappa shape index (κ1) is 21.9. The van der Waals surface area contributed by atoms with Crippen LogP contribution in [0.4, 0.5) is 0 Å². The molecule has 0 fully saturated rings. The maximum Gasteiger partial charge on any atom is 0.269 e. The van der Waals surface area contributed by atoms with Crippen molar-refractivity contribution in [3.8, 4) is 28.2 Å². The molecule has 0 bridgehead atoms. The van der Waals surface area contributed by atoms with Crippen molar-refractivity contribution in [3.05, 3.63) is 112 Å². The smallest absolute Gasteiger partial charge is 0.269 e. The number of aromatic nitrogens is 4. The highest BCUT2D eigenvalue weighted by Gasteiger charge is 2.16. The Labute approximate surface area is 206 Å². The minimum Gasteiger partial charge on any atom is -0.347 e. The standard InChI is InChI=1S/C26H19Cl2N5O/c27-21-12-11-18(13-22(21)28)23-14-24(31-30-23)26(34)29-15-19-16-33(20-9-5-2-6-10-20)32-25(19)17-7-3-1-4-8-17/h1-14,16H,15H2,(H,29,34)(H,30,31). The summed E-state index contributed by atoms with van der Waals surface area (Å²) < 4.78 is 1.82. The molecule has 6 nitrogen and oxygen atoms in total. The fourth-order valence-corrected chi connectivity index (χ4v) is 3.90. The minimum absolute atomic E-state index is 0.273. The average molecular weight is 488 g/mol. The predicted octanol–water partition coefficient (Wildman–Crippen LogP) is 6.17. The van der Waals surface area contributed by atoms with E-state index in [0.717, 1.165) is 28.1 Å². The SMILES string of the molecule is O=C(NCc1cn(-c2ccccc2)nc1-c1ccccc1)c1cc(-c2ccc(Cl)c(Cl)c2)n[nH]1. The summed E-state index contributed by atoms with van der Waals surface area (Å²) in [5.74, 6) is -0.273. The van der Waals surface area contributed by atoms with Gasteiger partial charge < -0.3 is 5.32 Å². The quantitative estimate of drug-likeness (QED) is 0.300. The van der Waals surface area contributed by atoms with E-state index >= 15 is 0 Å². The zero-order chi connectivity index (χ0) is 23.5. The minimum atomic E-state index is -0.273. The summed E-state index contributed by atoms with van der Waals surface area (Å²) in [6.45, 7) is 0.303. The summed E-state index contributed by atoms with van der Waals surface area (Å²) in [6.07, 6.45) is 1.94. The topological polar surface area (TPSA) is 75.6 Å². The van der Waals surface area contributed by atoms with Crippen LogP contribution in [-0.2, 0) is 6.54 Å². The van der Waals surface area contributed by atoms with Gasteiger partial charge in [0.15, 0.2) is 0 Å². The van der Waals surface area contributed by atoms with E-state index in [1.54, 1.807) is 24.3 Å². The third-order valence-corrected chi connectivity index (χ3v) is 6.07. The van der Waals surface area contributed by atoms with Crippen molar-refractivity contribution in [1.82, 2.24) is 25.3 Å². The summed E-state index contributed by atoms with van der Waals surface area (Å²) in [4.78, 5) is 12.9. The van der Waals surface area contributed by atoms with Gasteiger partial charge >= 0.3 is 0 Å². The fraction of sp³-hybridized carbons (Fsp3) is 0.0385. The van der Waals surface area contributed by atoms with Gasteiger partial charge in [0.25, 0.3) is 5.91 Å². The molecular formula is C26H19Cl2N5O. The Morgan fingerprint density at radius 2 is 1.62 bits per heavy atom. The van der Waals surface area contributed by atoms with Gasteiger partial charge in [0, 0.05) is 29.4 Å². The van der Waals surface area contributed by atoms with Crippen LogP contribution in [-0.4, -0.2) is 25.9 Å². The number of aromatic amines is 1. The highest BCUT2D eigenvalue weighted by Crippen LogP contribution is 2.28. The van der Waals surface area contributed by atoms with Crippen LogP contribution in [0, 0.1) is 0 Å². The number of H-pyrrole nitrogens is 1. The summed E-state index contributed by atoms with van der Waals surface area (Å²) in [5.41, 5.74) is 5.34. The van der Waals surface area contributed by atoms with Crippen molar-refractivity contribution >= 4 is 29.1 Å². The molecule has 2 aromatic heterocycles. The number of benzene rings is 3. The first-order valence-corrected chi connectivity index (χ1v) is 11.3. The zero-order valence-corrected chi connectivity index (χ0v) is 19.4. The van der Waals surface area contributed by atoms with Gasteiger partial charge in [-0.3, -0.25) is 9.89 Å². The number of nitrogens with zero attached hydrogens (tertiary/aromatic N) is 3. The molecule has 0 aliphatic rings. The van der Waals surface area contributed by atoms with Crippen LogP contribution in [0.3, 0.4) is 0 Å². The van der Waals surface area contributed by atoms with Crippen LogP contribution >= 0.6 is 23.2 Å². The maximum atomic E-state index is 12.9. The van der Waals surface area contributed by atoms with Crippen LogP contribution in [0.1, 0.15) is 16.1 Å². The summed E-state index contributed by atoms with van der Waals surface area (Å²) in [7, 11) is 0. The largest absolute Gasteiger partial charge is 0.347 e. The van der Waals surface area contributed by atoms with Crippen molar-refractivity contribution in [1.29, 1.82) is 0 Å². The molecule has 0 atom stereocenters. The Bertz CT molecular complexity index is 1440. The Balaban J connectivity index is 1.37. The molecule has 2 heterocycles. The van der Waals surface area contributed by atoms with Crippen molar-refractivity contribution in [3.63, 3.8) is 0 Å². The van der Waals surface area contributed by atoms with Gasteiger partial charge in [-0.1, -0.05) is 77.8 Å². The molecule has 3 aromatic carbocycles. The Hall–Kier alpha value is -3.87. The molecule has 0 spiro atoms. The zero-order valence-electron chi connectivity index (χ0n) is 17.9. The Kier molecular flexibility index (Phi) is 6.16. The number of carbonyl (C=O) groups is 1. The molecule has 0 aliphatic heterocycles. The van der Waals surface area contributed by atoms with Gasteiger partial charge in [0.2, 0.25) is 0 Å². The van der Waals surface area contributed by atoms with Crippen molar-refractivity contribution in [2.45, 2.75) is 6.54 Å². The van der Waals surface area contributed by atoms with Gasteiger partial charge in [-0.15, -0.1) is 0 Å². The number of carbonyl (C=O) groups excluding carboxylic acids is 1. The van der Waals surface area contributed by atoms with Gasteiger partial charge in [-0.25, -0.2) is 4.68 Å². The van der Waals surface area contributed by atoms with Crippen molar-refractivity contribution in [2.24, 2.45) is 0 Å². The van der Waals surface area contributed by atoms with Gasteiger partial charge in [-0.2, -0.15) is 10.2 Å². The molecule has 0 aliphatic carbocycles. The van der Waals surface area contributed by atoms with Gasteiger partial charge in [0.1, 0.15) is 5.69 Å². The van der Waals surface area contributed by atoms with Crippen LogP contribution < -0.4 is 5.32 Å². The summed E-state index contributed by atoms with van der Waals surface area (Å²) in [5, 5.41) is 15.7. The molecule has 1 amide bonds. The highest BCUT2D eigenvalue weighted by atomic mass is 35.5. The number of para-hydroxylation sites is 1. The Morgan fingerprint density at radius 3 is 2.35 bits per heavy atom. The molecule has 2 N–H and O–H groups in total. The number of rotatable bonds is 6. The first-order valence-electron chi connectivity index (χ1n) is 10.6. The molecule has 168 valence electrons. The van der Waals surface area contributed by atoms with E-state index in [2.05, 4.69) is 15.5 Å². The number of amides is 1. The van der Waals surface area contributed by atoms with E-state index in [1.807, 2.05) is 71.5 Å². The van der Waals surface area contributed by atoms with Crippen molar-refractivity contribution < 1.29 is 4.79 Å². The molecule has 5 aromatic rings. The number of hydrogen-bond donors (Lipinski definition) is 2. The van der Waals surface area contributed by atoms with Crippen LogP contribution in [0.2, 0.25) is 10.0 Å². The van der Waals surface area contributed by atoms with E-state index in [-0.39, 0.29) is 5.91 Å². The van der Waals surface area contributed by atoms with E-state index in [0.29, 0.717) is 28.0 Å². The maximum absolute atomic E-state index is 12.9. The molecule has 5 rings (SSSR count). The van der Waals surface area contributed by atoms with E-state index in [1.165, 1.54) is 0 Å². The molecule has 0 saturated heterocycles. The Morgan fingerprint density at radius 1 is 0.882 bits per heavy atom. The third kappa shape index (κ3) is 4.59. The molecule has 8 heteroatoms. The molecule has 0 saturated carbocycles. The summed E-state index contributed by atoms with van der Waals surface area (Å²) in [6, 6.07) is 26.6.